The third kappa shape index (κ3) is 2.55. The summed E-state index contributed by atoms with van der Waals surface area (Å²) in [7, 11) is 0. The Balaban J connectivity index is 1.97. The fourth-order valence-corrected chi connectivity index (χ4v) is 2.40. The molecule has 2 aromatic rings. The summed E-state index contributed by atoms with van der Waals surface area (Å²) >= 11 is 7.15. The van der Waals surface area contributed by atoms with Crippen molar-refractivity contribution in [3.63, 3.8) is 0 Å². The standard InChI is InChI=1S/C11H9ClN2O3S/c1-6-5-18-9(8(6)12)11(16)14-13-10(15)7-3-2-4-17-7/h2-5H,1H3,(H,13,15)(H,14,16). The van der Waals surface area contributed by atoms with Crippen molar-refractivity contribution < 1.29 is 14.0 Å². The van der Waals surface area contributed by atoms with Crippen LogP contribution in [0.3, 0.4) is 0 Å². The van der Waals surface area contributed by atoms with Crippen LogP contribution in [0.5, 0.6) is 0 Å². The van der Waals surface area contributed by atoms with E-state index in [9.17, 15) is 9.59 Å². The highest BCUT2D eigenvalue weighted by Crippen LogP contribution is 2.26. The van der Waals surface area contributed by atoms with E-state index in [1.165, 1.54) is 23.7 Å². The van der Waals surface area contributed by atoms with Gasteiger partial charge in [0.1, 0.15) is 4.88 Å². The quantitative estimate of drug-likeness (QED) is 0.832. The molecule has 0 aliphatic carbocycles. The molecule has 0 radical (unpaired) electrons. The Morgan fingerprint density at radius 3 is 2.61 bits per heavy atom. The molecule has 2 N–H and O–H groups in total. The smallest absolute Gasteiger partial charge is 0.305 e. The summed E-state index contributed by atoms with van der Waals surface area (Å²) in [4.78, 5) is 23.6. The molecule has 2 amide bonds. The van der Waals surface area contributed by atoms with Crippen LogP contribution in [0.15, 0.2) is 28.2 Å². The normalized spacial score (nSPS) is 10.1. The van der Waals surface area contributed by atoms with Gasteiger partial charge in [-0.05, 0) is 30.0 Å². The van der Waals surface area contributed by atoms with Crippen LogP contribution < -0.4 is 10.9 Å². The number of hydrogen-bond acceptors (Lipinski definition) is 4. The lowest BCUT2D eigenvalue weighted by atomic mass is 10.3. The van der Waals surface area contributed by atoms with Gasteiger partial charge < -0.3 is 4.42 Å². The van der Waals surface area contributed by atoms with Gasteiger partial charge in [-0.25, -0.2) is 0 Å². The summed E-state index contributed by atoms with van der Waals surface area (Å²) in [6.45, 7) is 1.80. The van der Waals surface area contributed by atoms with Crippen molar-refractivity contribution in [2.45, 2.75) is 6.92 Å². The first-order valence-electron chi connectivity index (χ1n) is 4.97. The number of carbonyl (C=O) groups is 2. The number of carbonyl (C=O) groups excluding carboxylic acids is 2. The number of thiophene rings is 1. The highest BCUT2D eigenvalue weighted by molar-refractivity contribution is 7.13. The molecular formula is C11H9ClN2O3S. The van der Waals surface area contributed by atoms with Crippen LogP contribution in [0, 0.1) is 6.92 Å². The van der Waals surface area contributed by atoms with Crippen LogP contribution in [-0.2, 0) is 0 Å². The molecule has 94 valence electrons. The monoisotopic (exact) mass is 284 g/mol. The molecule has 0 bridgehead atoms. The molecule has 18 heavy (non-hydrogen) atoms. The first-order valence-corrected chi connectivity index (χ1v) is 6.23. The van der Waals surface area contributed by atoms with E-state index in [-0.39, 0.29) is 5.76 Å². The van der Waals surface area contributed by atoms with Crippen molar-refractivity contribution in [3.05, 3.63) is 45.0 Å². The van der Waals surface area contributed by atoms with Crippen molar-refractivity contribution in [1.82, 2.24) is 10.9 Å². The van der Waals surface area contributed by atoms with Crippen LogP contribution in [0.25, 0.3) is 0 Å². The molecule has 0 saturated heterocycles. The van der Waals surface area contributed by atoms with Gasteiger partial charge >= 0.3 is 5.91 Å². The maximum Gasteiger partial charge on any atom is 0.305 e. The van der Waals surface area contributed by atoms with Crippen molar-refractivity contribution in [2.24, 2.45) is 0 Å². The summed E-state index contributed by atoms with van der Waals surface area (Å²) in [5.74, 6) is -0.875. The number of halogens is 1. The lowest BCUT2D eigenvalue weighted by Crippen LogP contribution is -2.41. The van der Waals surface area contributed by atoms with Gasteiger partial charge in [0, 0.05) is 0 Å². The Labute approximate surface area is 112 Å². The lowest BCUT2D eigenvalue weighted by Gasteiger charge is -2.04. The van der Waals surface area contributed by atoms with E-state index in [4.69, 9.17) is 16.0 Å². The Bertz CT molecular complexity index is 577. The molecule has 2 heterocycles. The van der Waals surface area contributed by atoms with E-state index in [1.807, 2.05) is 0 Å². The fraction of sp³-hybridized carbons (Fsp3) is 0.0909. The molecule has 0 saturated carbocycles. The average Bonchev–Trinajstić information content (AvgIpc) is 2.98. The number of rotatable bonds is 2. The van der Waals surface area contributed by atoms with Gasteiger partial charge in [0.2, 0.25) is 0 Å². The number of nitrogens with one attached hydrogen (secondary N) is 2. The highest BCUT2D eigenvalue weighted by atomic mass is 35.5. The largest absolute Gasteiger partial charge is 0.459 e. The molecule has 0 aliphatic rings. The van der Waals surface area contributed by atoms with E-state index in [0.29, 0.717) is 9.90 Å². The topological polar surface area (TPSA) is 71.3 Å². The van der Waals surface area contributed by atoms with Crippen molar-refractivity contribution in [1.29, 1.82) is 0 Å². The lowest BCUT2D eigenvalue weighted by molar-refractivity contribution is 0.0833. The maximum absolute atomic E-state index is 11.7. The van der Waals surface area contributed by atoms with Gasteiger partial charge in [-0.15, -0.1) is 11.3 Å². The minimum absolute atomic E-state index is 0.115. The molecule has 2 aromatic heterocycles. The number of furan rings is 1. The van der Waals surface area contributed by atoms with Gasteiger partial charge in [0.05, 0.1) is 11.3 Å². The van der Waals surface area contributed by atoms with E-state index in [1.54, 1.807) is 18.4 Å². The molecule has 0 aromatic carbocycles. The number of amides is 2. The molecule has 0 aliphatic heterocycles. The predicted octanol–water partition coefficient (Wildman–Crippen LogP) is 2.38. The van der Waals surface area contributed by atoms with E-state index in [2.05, 4.69) is 10.9 Å². The summed E-state index contributed by atoms with van der Waals surface area (Å²) < 4.78 is 4.87. The van der Waals surface area contributed by atoms with Crippen molar-refractivity contribution >= 4 is 34.8 Å². The second kappa shape index (κ2) is 5.24. The number of hydrazine groups is 1. The zero-order valence-corrected chi connectivity index (χ0v) is 10.9. The molecule has 2 rings (SSSR count). The Morgan fingerprint density at radius 2 is 2.06 bits per heavy atom. The second-order valence-corrected chi connectivity index (χ2v) is 4.70. The zero-order valence-electron chi connectivity index (χ0n) is 9.32. The van der Waals surface area contributed by atoms with Crippen LogP contribution in [0.4, 0.5) is 0 Å². The molecule has 7 heteroatoms. The molecule has 0 spiro atoms. The van der Waals surface area contributed by atoms with E-state index >= 15 is 0 Å². The van der Waals surface area contributed by atoms with Gasteiger partial charge in [-0.1, -0.05) is 11.6 Å². The average molecular weight is 285 g/mol. The van der Waals surface area contributed by atoms with Crippen molar-refractivity contribution in [2.75, 3.05) is 0 Å². The maximum atomic E-state index is 11.7. The van der Waals surface area contributed by atoms with Crippen LogP contribution in [-0.4, -0.2) is 11.8 Å². The molecule has 0 atom stereocenters. The van der Waals surface area contributed by atoms with E-state index < -0.39 is 11.8 Å². The zero-order chi connectivity index (χ0) is 13.1. The summed E-state index contributed by atoms with van der Waals surface area (Å²) in [6, 6.07) is 3.07. The Kier molecular flexibility index (Phi) is 3.69. The summed E-state index contributed by atoms with van der Waals surface area (Å²) in [6.07, 6.45) is 1.37. The minimum Gasteiger partial charge on any atom is -0.459 e. The van der Waals surface area contributed by atoms with Crippen LogP contribution in [0.2, 0.25) is 5.02 Å². The van der Waals surface area contributed by atoms with Crippen molar-refractivity contribution in [3.8, 4) is 0 Å². The Morgan fingerprint density at radius 1 is 1.33 bits per heavy atom. The highest BCUT2D eigenvalue weighted by Gasteiger charge is 2.16. The minimum atomic E-state index is -0.530. The van der Waals surface area contributed by atoms with Crippen LogP contribution >= 0.6 is 22.9 Å². The third-order valence-electron chi connectivity index (χ3n) is 2.14. The van der Waals surface area contributed by atoms with Crippen LogP contribution in [0.1, 0.15) is 25.8 Å². The molecule has 5 nitrogen and oxygen atoms in total. The third-order valence-corrected chi connectivity index (χ3v) is 3.84. The Hall–Kier alpha value is -1.79. The number of hydrogen-bond donors (Lipinski definition) is 2. The SMILES string of the molecule is Cc1csc(C(=O)NNC(=O)c2ccco2)c1Cl. The molecular weight excluding hydrogens is 276 g/mol. The predicted molar refractivity (Wildman–Crippen MR) is 67.7 cm³/mol. The fourth-order valence-electron chi connectivity index (χ4n) is 1.22. The van der Waals surface area contributed by atoms with Gasteiger partial charge in [0.25, 0.3) is 5.91 Å². The first-order chi connectivity index (χ1) is 8.59. The molecule has 0 fully saturated rings. The molecule has 0 unspecified atom stereocenters. The van der Waals surface area contributed by atoms with Gasteiger partial charge in [-0.2, -0.15) is 0 Å². The summed E-state index contributed by atoms with van der Waals surface area (Å²) in [5.41, 5.74) is 5.33. The first kappa shape index (κ1) is 12.7. The number of aryl methyl sites for hydroxylation is 1. The van der Waals surface area contributed by atoms with Gasteiger partial charge in [-0.3, -0.25) is 20.4 Å². The van der Waals surface area contributed by atoms with E-state index in [0.717, 1.165) is 5.56 Å². The van der Waals surface area contributed by atoms with Gasteiger partial charge in [0.15, 0.2) is 5.76 Å². The summed E-state index contributed by atoms with van der Waals surface area (Å²) in [5, 5.41) is 2.16. The second-order valence-electron chi connectivity index (χ2n) is 3.45.